The van der Waals surface area contributed by atoms with Crippen LogP contribution in [0.25, 0.3) is 0 Å². The van der Waals surface area contributed by atoms with E-state index >= 15 is 0 Å². The van der Waals surface area contributed by atoms with E-state index in [4.69, 9.17) is 18.0 Å². The van der Waals surface area contributed by atoms with E-state index in [1.807, 2.05) is 0 Å². The zero-order valence-corrected chi connectivity index (χ0v) is 11.7. The molecule has 0 saturated heterocycles. The highest BCUT2D eigenvalue weighted by atomic mass is 32.2. The number of hydrogen-bond donors (Lipinski definition) is 2. The summed E-state index contributed by atoms with van der Waals surface area (Å²) in [4.78, 5) is 11.7. The van der Waals surface area contributed by atoms with Gasteiger partial charge in [0.2, 0.25) is 5.91 Å². The van der Waals surface area contributed by atoms with E-state index in [1.54, 1.807) is 25.1 Å². The molecule has 0 aliphatic heterocycles. The van der Waals surface area contributed by atoms with Crippen molar-refractivity contribution in [3.05, 3.63) is 29.3 Å². The first-order valence-corrected chi connectivity index (χ1v) is 7.54. The van der Waals surface area contributed by atoms with Crippen LogP contribution in [0.4, 0.5) is 5.69 Å². The number of rotatable bonds is 4. The van der Waals surface area contributed by atoms with E-state index in [1.165, 1.54) is 0 Å². The van der Waals surface area contributed by atoms with Gasteiger partial charge in [0.05, 0.1) is 0 Å². The van der Waals surface area contributed by atoms with Crippen LogP contribution in [0.5, 0.6) is 0 Å². The van der Waals surface area contributed by atoms with Gasteiger partial charge in [0.25, 0.3) is 0 Å². The van der Waals surface area contributed by atoms with Crippen molar-refractivity contribution in [3.63, 3.8) is 0 Å². The molecule has 0 radical (unpaired) electrons. The highest BCUT2D eigenvalue weighted by Gasteiger charge is 2.12. The van der Waals surface area contributed by atoms with E-state index in [0.29, 0.717) is 11.3 Å². The van der Waals surface area contributed by atoms with Gasteiger partial charge in [-0.2, -0.15) is 0 Å². The van der Waals surface area contributed by atoms with Gasteiger partial charge in [-0.25, -0.2) is 8.42 Å². The molecular formula is C11H14N2O3S2. The fourth-order valence-corrected chi connectivity index (χ4v) is 2.01. The fraction of sp³-hybridized carbons (Fsp3) is 0.273. The maximum Gasteiger partial charge on any atom is 0.239 e. The molecule has 1 aromatic carbocycles. The van der Waals surface area contributed by atoms with Crippen molar-refractivity contribution in [2.24, 2.45) is 5.73 Å². The Morgan fingerprint density at radius 2 is 2.06 bits per heavy atom. The van der Waals surface area contributed by atoms with E-state index in [9.17, 15) is 13.2 Å². The van der Waals surface area contributed by atoms with E-state index < -0.39 is 21.5 Å². The molecule has 1 aromatic rings. The van der Waals surface area contributed by atoms with Gasteiger partial charge in [0, 0.05) is 17.5 Å². The van der Waals surface area contributed by atoms with Crippen LogP contribution in [-0.2, 0) is 14.6 Å². The third-order valence-electron chi connectivity index (χ3n) is 2.19. The molecule has 1 rings (SSSR count). The second kappa shape index (κ2) is 5.45. The number of sulfone groups is 1. The number of anilines is 1. The minimum absolute atomic E-state index is 0.216. The Balaban J connectivity index is 2.93. The predicted molar refractivity (Wildman–Crippen MR) is 75.4 cm³/mol. The summed E-state index contributed by atoms with van der Waals surface area (Å²) in [7, 11) is -3.35. The number of nitrogens with two attached hydrogens (primary N) is 1. The van der Waals surface area contributed by atoms with E-state index in [-0.39, 0.29) is 4.99 Å². The third kappa shape index (κ3) is 4.42. The molecule has 0 unspecified atom stereocenters. The van der Waals surface area contributed by atoms with Crippen molar-refractivity contribution in [1.29, 1.82) is 0 Å². The monoisotopic (exact) mass is 286 g/mol. The summed E-state index contributed by atoms with van der Waals surface area (Å²) in [6, 6.07) is 5.12. The SMILES string of the molecule is Cc1ccc(C(N)=S)cc1NC(=O)CS(C)(=O)=O. The van der Waals surface area contributed by atoms with Crippen molar-refractivity contribution in [3.8, 4) is 0 Å². The van der Waals surface area contributed by atoms with Crippen LogP contribution in [0.1, 0.15) is 11.1 Å². The summed E-state index contributed by atoms with van der Waals surface area (Å²) in [6.07, 6.45) is 1.00. The Morgan fingerprint density at radius 3 is 2.56 bits per heavy atom. The maximum absolute atomic E-state index is 11.5. The fourth-order valence-electron chi connectivity index (χ4n) is 1.33. The van der Waals surface area contributed by atoms with Crippen molar-refractivity contribution in [2.45, 2.75) is 6.92 Å². The van der Waals surface area contributed by atoms with Gasteiger partial charge in [-0.05, 0) is 18.6 Å². The minimum atomic E-state index is -3.35. The van der Waals surface area contributed by atoms with Crippen LogP contribution < -0.4 is 11.1 Å². The van der Waals surface area contributed by atoms with Crippen LogP contribution in [0.2, 0.25) is 0 Å². The van der Waals surface area contributed by atoms with Gasteiger partial charge < -0.3 is 11.1 Å². The van der Waals surface area contributed by atoms with Crippen LogP contribution in [-0.4, -0.2) is 31.3 Å². The number of hydrogen-bond acceptors (Lipinski definition) is 4. The molecule has 18 heavy (non-hydrogen) atoms. The highest BCUT2D eigenvalue weighted by Crippen LogP contribution is 2.17. The normalized spacial score (nSPS) is 11.0. The Hall–Kier alpha value is -1.47. The molecule has 7 heteroatoms. The lowest BCUT2D eigenvalue weighted by atomic mass is 10.1. The second-order valence-electron chi connectivity index (χ2n) is 4.01. The highest BCUT2D eigenvalue weighted by molar-refractivity contribution is 7.91. The molecule has 5 nitrogen and oxygen atoms in total. The smallest absolute Gasteiger partial charge is 0.239 e. The quantitative estimate of drug-likeness (QED) is 0.792. The summed E-state index contributed by atoms with van der Waals surface area (Å²) in [5, 5.41) is 2.53. The van der Waals surface area contributed by atoms with Gasteiger partial charge in [-0.1, -0.05) is 24.4 Å². The molecule has 3 N–H and O–H groups in total. The standard InChI is InChI=1S/C11H14N2O3S2/c1-7-3-4-8(11(12)17)5-9(7)13-10(14)6-18(2,15)16/h3-5H,6H2,1-2H3,(H2,12,17)(H,13,14). The van der Waals surface area contributed by atoms with E-state index in [2.05, 4.69) is 5.32 Å². The number of carbonyl (C=O) groups is 1. The summed E-state index contributed by atoms with van der Waals surface area (Å²) in [5.74, 6) is -1.13. The van der Waals surface area contributed by atoms with Gasteiger partial charge in [0.15, 0.2) is 9.84 Å². The van der Waals surface area contributed by atoms with Crippen molar-refractivity contribution in [2.75, 3.05) is 17.3 Å². The van der Waals surface area contributed by atoms with Crippen LogP contribution in [0.15, 0.2) is 18.2 Å². The average Bonchev–Trinajstić information content (AvgIpc) is 2.18. The number of amides is 1. The number of nitrogens with one attached hydrogen (secondary N) is 1. The molecule has 1 amide bonds. The first-order valence-electron chi connectivity index (χ1n) is 5.07. The second-order valence-corrected chi connectivity index (χ2v) is 6.59. The zero-order valence-electron chi connectivity index (χ0n) is 10.1. The first kappa shape index (κ1) is 14.6. The van der Waals surface area contributed by atoms with Gasteiger partial charge in [-0.3, -0.25) is 4.79 Å². The van der Waals surface area contributed by atoms with Crippen molar-refractivity contribution in [1.82, 2.24) is 0 Å². The first-order chi connectivity index (χ1) is 8.19. The summed E-state index contributed by atoms with van der Waals surface area (Å²) < 4.78 is 22.0. The summed E-state index contributed by atoms with van der Waals surface area (Å²) >= 11 is 4.84. The molecule has 0 aliphatic rings. The Bertz CT molecular complexity index is 594. The molecule has 0 aromatic heterocycles. The molecule has 0 saturated carbocycles. The largest absolute Gasteiger partial charge is 0.389 e. The number of thiocarbonyl (C=S) groups is 1. The van der Waals surface area contributed by atoms with Crippen molar-refractivity contribution >= 4 is 38.6 Å². The molecule has 0 heterocycles. The number of aryl methyl sites for hydroxylation is 1. The Morgan fingerprint density at radius 1 is 1.44 bits per heavy atom. The van der Waals surface area contributed by atoms with Crippen LogP contribution in [0.3, 0.4) is 0 Å². The maximum atomic E-state index is 11.5. The Labute approximate surface area is 111 Å². The molecular weight excluding hydrogens is 272 g/mol. The zero-order chi connectivity index (χ0) is 13.9. The lowest BCUT2D eigenvalue weighted by molar-refractivity contribution is -0.113. The number of benzene rings is 1. The minimum Gasteiger partial charge on any atom is -0.389 e. The van der Waals surface area contributed by atoms with Gasteiger partial charge >= 0.3 is 0 Å². The molecule has 0 spiro atoms. The van der Waals surface area contributed by atoms with E-state index in [0.717, 1.165) is 11.8 Å². The summed E-state index contributed by atoms with van der Waals surface area (Å²) in [5.41, 5.74) is 7.42. The molecule has 0 atom stereocenters. The third-order valence-corrected chi connectivity index (χ3v) is 3.21. The van der Waals surface area contributed by atoms with Crippen LogP contribution >= 0.6 is 12.2 Å². The molecule has 0 bridgehead atoms. The molecule has 0 fully saturated rings. The topological polar surface area (TPSA) is 89.3 Å². The lowest BCUT2D eigenvalue weighted by Gasteiger charge is -2.09. The average molecular weight is 286 g/mol. The Kier molecular flexibility index (Phi) is 4.42. The molecule has 98 valence electrons. The lowest BCUT2D eigenvalue weighted by Crippen LogP contribution is -2.22. The summed E-state index contributed by atoms with van der Waals surface area (Å²) in [6.45, 7) is 1.79. The molecule has 0 aliphatic carbocycles. The van der Waals surface area contributed by atoms with Gasteiger partial charge in [0.1, 0.15) is 10.7 Å². The van der Waals surface area contributed by atoms with Crippen LogP contribution in [0, 0.1) is 6.92 Å². The number of carbonyl (C=O) groups excluding carboxylic acids is 1. The van der Waals surface area contributed by atoms with Crippen molar-refractivity contribution < 1.29 is 13.2 Å². The van der Waals surface area contributed by atoms with Gasteiger partial charge in [-0.15, -0.1) is 0 Å². The predicted octanol–water partition coefficient (Wildman–Crippen LogP) is 0.612.